The lowest BCUT2D eigenvalue weighted by atomic mass is 10.1. The van der Waals surface area contributed by atoms with Gasteiger partial charge in [0.15, 0.2) is 0 Å². The lowest BCUT2D eigenvalue weighted by molar-refractivity contribution is -0.385. The molecule has 2 rings (SSSR count). The second-order valence-corrected chi connectivity index (χ2v) is 3.30. The molecule has 2 aromatic rings. The van der Waals surface area contributed by atoms with Gasteiger partial charge in [0, 0.05) is 12.3 Å². The van der Waals surface area contributed by atoms with Gasteiger partial charge in [0.25, 0.3) is 5.69 Å². The van der Waals surface area contributed by atoms with Crippen LogP contribution in [0.1, 0.15) is 11.3 Å². The van der Waals surface area contributed by atoms with E-state index in [2.05, 4.69) is 10.2 Å². The minimum absolute atomic E-state index is 0.0765. The summed E-state index contributed by atoms with van der Waals surface area (Å²) in [5, 5.41) is 18.4. The molecule has 0 unspecified atom stereocenters. The Morgan fingerprint density at radius 2 is 1.94 bits per heavy atom. The first kappa shape index (κ1) is 10.9. The van der Waals surface area contributed by atoms with E-state index in [0.29, 0.717) is 11.3 Å². The number of nitrogens with zero attached hydrogens (tertiary/aromatic N) is 3. The number of benzene rings is 1. The molecule has 17 heavy (non-hydrogen) atoms. The molecule has 0 aliphatic carbocycles. The number of para-hydroxylation sites is 1. The highest BCUT2D eigenvalue weighted by molar-refractivity contribution is 5.72. The van der Waals surface area contributed by atoms with Crippen LogP contribution in [0.25, 0.3) is 12.2 Å². The molecule has 0 saturated heterocycles. The number of aromatic nitrogens is 2. The topological polar surface area (TPSA) is 68.9 Å². The quantitative estimate of drug-likeness (QED) is 0.596. The first-order valence-corrected chi connectivity index (χ1v) is 4.96. The average molecular weight is 227 g/mol. The molecule has 0 saturated carbocycles. The summed E-state index contributed by atoms with van der Waals surface area (Å²) in [6.45, 7) is 0. The van der Waals surface area contributed by atoms with Gasteiger partial charge in [-0.1, -0.05) is 12.1 Å². The third kappa shape index (κ3) is 2.72. The largest absolute Gasteiger partial charge is 0.276 e. The number of hydrogen-bond acceptors (Lipinski definition) is 4. The maximum absolute atomic E-state index is 10.8. The molecule has 0 atom stereocenters. The van der Waals surface area contributed by atoms with E-state index in [1.165, 1.54) is 6.07 Å². The molecular formula is C12H9N3O2. The molecule has 0 radical (unpaired) electrons. The second kappa shape index (κ2) is 4.98. The standard InChI is InChI=1S/C12H9N3O2/c16-15(17)12-6-2-1-4-10(12)7-8-11-5-3-9-13-14-11/h1-9H. The van der Waals surface area contributed by atoms with E-state index < -0.39 is 4.92 Å². The molecule has 1 heterocycles. The fourth-order valence-corrected chi connectivity index (χ4v) is 1.37. The molecule has 1 aromatic heterocycles. The monoisotopic (exact) mass is 227 g/mol. The molecule has 1 aromatic carbocycles. The number of rotatable bonds is 3. The van der Waals surface area contributed by atoms with Gasteiger partial charge in [-0.15, -0.1) is 0 Å². The lowest BCUT2D eigenvalue weighted by Crippen LogP contribution is -1.90. The molecule has 0 N–H and O–H groups in total. The molecule has 0 bridgehead atoms. The SMILES string of the molecule is O=[N+]([O-])c1ccccc1C=Cc1cccnn1. The minimum Gasteiger partial charge on any atom is -0.258 e. The first-order chi connectivity index (χ1) is 8.27. The normalized spacial score (nSPS) is 10.6. The van der Waals surface area contributed by atoms with E-state index in [4.69, 9.17) is 0 Å². The molecule has 0 amide bonds. The summed E-state index contributed by atoms with van der Waals surface area (Å²) in [4.78, 5) is 10.4. The summed E-state index contributed by atoms with van der Waals surface area (Å²) < 4.78 is 0. The third-order valence-electron chi connectivity index (χ3n) is 2.16. The predicted octanol–water partition coefficient (Wildman–Crippen LogP) is 2.56. The van der Waals surface area contributed by atoms with Crippen molar-refractivity contribution in [3.63, 3.8) is 0 Å². The zero-order valence-corrected chi connectivity index (χ0v) is 8.85. The van der Waals surface area contributed by atoms with E-state index in [1.54, 1.807) is 48.7 Å². The van der Waals surface area contributed by atoms with Crippen LogP contribution in [0.4, 0.5) is 5.69 Å². The van der Waals surface area contributed by atoms with Gasteiger partial charge < -0.3 is 0 Å². The maximum atomic E-state index is 10.8. The summed E-state index contributed by atoms with van der Waals surface area (Å²) in [5.41, 5.74) is 1.28. The van der Waals surface area contributed by atoms with E-state index >= 15 is 0 Å². The van der Waals surface area contributed by atoms with E-state index in [9.17, 15) is 10.1 Å². The average Bonchev–Trinajstić information content (AvgIpc) is 2.38. The number of nitro groups is 1. The van der Waals surface area contributed by atoms with Crippen molar-refractivity contribution in [1.29, 1.82) is 0 Å². The highest BCUT2D eigenvalue weighted by Crippen LogP contribution is 2.19. The Hall–Kier alpha value is -2.56. The first-order valence-electron chi connectivity index (χ1n) is 4.96. The van der Waals surface area contributed by atoms with Crippen LogP contribution in [-0.2, 0) is 0 Å². The molecule has 0 spiro atoms. The van der Waals surface area contributed by atoms with Crippen molar-refractivity contribution in [2.45, 2.75) is 0 Å². The van der Waals surface area contributed by atoms with Crippen LogP contribution in [0.5, 0.6) is 0 Å². The van der Waals surface area contributed by atoms with Gasteiger partial charge in [-0.3, -0.25) is 10.1 Å². The molecule has 5 heteroatoms. The summed E-state index contributed by atoms with van der Waals surface area (Å²) in [6.07, 6.45) is 4.92. The minimum atomic E-state index is -0.406. The molecule has 0 fully saturated rings. The zero-order chi connectivity index (χ0) is 12.1. The van der Waals surface area contributed by atoms with Crippen molar-refractivity contribution in [2.24, 2.45) is 0 Å². The number of nitro benzene ring substituents is 1. The summed E-state index contributed by atoms with van der Waals surface area (Å²) >= 11 is 0. The van der Waals surface area contributed by atoms with Crippen LogP contribution in [0, 0.1) is 10.1 Å². The Labute approximate surface area is 97.6 Å². The van der Waals surface area contributed by atoms with Crippen LogP contribution in [0.15, 0.2) is 42.6 Å². The van der Waals surface area contributed by atoms with Crippen LogP contribution >= 0.6 is 0 Å². The summed E-state index contributed by atoms with van der Waals surface area (Å²) in [6, 6.07) is 10.1. The van der Waals surface area contributed by atoms with Gasteiger partial charge in [0.05, 0.1) is 16.2 Å². The van der Waals surface area contributed by atoms with E-state index in [-0.39, 0.29) is 5.69 Å². The van der Waals surface area contributed by atoms with Gasteiger partial charge in [0.2, 0.25) is 0 Å². The fourth-order valence-electron chi connectivity index (χ4n) is 1.37. The Balaban J connectivity index is 2.30. The highest BCUT2D eigenvalue weighted by Gasteiger charge is 2.08. The molecule has 84 valence electrons. The Morgan fingerprint density at radius 1 is 1.12 bits per heavy atom. The highest BCUT2D eigenvalue weighted by atomic mass is 16.6. The van der Waals surface area contributed by atoms with Crippen LogP contribution < -0.4 is 0 Å². The molecule has 0 aliphatic heterocycles. The number of hydrogen-bond donors (Lipinski definition) is 0. The van der Waals surface area contributed by atoms with E-state index in [0.717, 1.165) is 0 Å². The van der Waals surface area contributed by atoms with Crippen molar-refractivity contribution in [3.8, 4) is 0 Å². The van der Waals surface area contributed by atoms with Gasteiger partial charge in [-0.05, 0) is 30.4 Å². The van der Waals surface area contributed by atoms with Crippen molar-refractivity contribution < 1.29 is 4.92 Å². The Kier molecular flexibility index (Phi) is 3.20. The Bertz CT molecular complexity index is 553. The predicted molar refractivity (Wildman–Crippen MR) is 64.1 cm³/mol. The van der Waals surface area contributed by atoms with Crippen LogP contribution in [0.3, 0.4) is 0 Å². The Morgan fingerprint density at radius 3 is 2.65 bits per heavy atom. The van der Waals surface area contributed by atoms with Crippen molar-refractivity contribution in [3.05, 3.63) is 64.0 Å². The van der Waals surface area contributed by atoms with Crippen LogP contribution in [0.2, 0.25) is 0 Å². The fraction of sp³-hybridized carbons (Fsp3) is 0. The summed E-state index contributed by atoms with van der Waals surface area (Å²) in [5.74, 6) is 0. The summed E-state index contributed by atoms with van der Waals surface area (Å²) in [7, 11) is 0. The van der Waals surface area contributed by atoms with Gasteiger partial charge in [0.1, 0.15) is 0 Å². The van der Waals surface area contributed by atoms with E-state index in [1.807, 2.05) is 0 Å². The second-order valence-electron chi connectivity index (χ2n) is 3.30. The van der Waals surface area contributed by atoms with Crippen molar-refractivity contribution >= 4 is 17.8 Å². The molecule has 5 nitrogen and oxygen atoms in total. The van der Waals surface area contributed by atoms with Gasteiger partial charge >= 0.3 is 0 Å². The zero-order valence-electron chi connectivity index (χ0n) is 8.85. The van der Waals surface area contributed by atoms with Gasteiger partial charge in [-0.25, -0.2) is 0 Å². The van der Waals surface area contributed by atoms with Crippen molar-refractivity contribution in [2.75, 3.05) is 0 Å². The third-order valence-corrected chi connectivity index (χ3v) is 2.16. The smallest absolute Gasteiger partial charge is 0.258 e. The maximum Gasteiger partial charge on any atom is 0.276 e. The van der Waals surface area contributed by atoms with Gasteiger partial charge in [-0.2, -0.15) is 10.2 Å². The molecule has 0 aliphatic rings. The molecular weight excluding hydrogens is 218 g/mol. The van der Waals surface area contributed by atoms with Crippen LogP contribution in [-0.4, -0.2) is 15.1 Å². The lowest BCUT2D eigenvalue weighted by Gasteiger charge is -1.96. The van der Waals surface area contributed by atoms with Crippen molar-refractivity contribution in [1.82, 2.24) is 10.2 Å².